The van der Waals surface area contributed by atoms with Crippen molar-refractivity contribution in [3.05, 3.63) is 35.9 Å². The van der Waals surface area contributed by atoms with Gasteiger partial charge in [0.25, 0.3) is 0 Å². The molecule has 0 heterocycles. The molecule has 0 amide bonds. The predicted octanol–water partition coefficient (Wildman–Crippen LogP) is 2.13. The highest BCUT2D eigenvalue weighted by atomic mass is 16.5. The normalized spacial score (nSPS) is 12.6. The minimum Gasteiger partial charge on any atom is -0.394 e. The van der Waals surface area contributed by atoms with Crippen LogP contribution in [0.5, 0.6) is 0 Å². The molecular weight excluding hydrogens is 214 g/mol. The molecule has 2 N–H and O–H groups in total. The summed E-state index contributed by atoms with van der Waals surface area (Å²) in [4.78, 5) is 0. The molecule has 3 nitrogen and oxygen atoms in total. The average Bonchev–Trinajstić information content (AvgIpc) is 2.38. The Labute approximate surface area is 104 Å². The molecule has 0 saturated carbocycles. The van der Waals surface area contributed by atoms with Gasteiger partial charge in [0.1, 0.15) is 0 Å². The zero-order chi connectivity index (χ0) is 12.3. The Bertz CT molecular complexity index is 277. The summed E-state index contributed by atoms with van der Waals surface area (Å²) in [5, 5.41) is 12.1. The van der Waals surface area contributed by atoms with Gasteiger partial charge in [-0.2, -0.15) is 0 Å². The standard InChI is InChI=1S/C14H23NO2/c1-2-6-14(13-7-4-3-5-8-13)15-9-11-17-12-10-16/h3-5,7-8,14-16H,2,6,9-12H2,1H3. The highest BCUT2D eigenvalue weighted by Crippen LogP contribution is 2.17. The van der Waals surface area contributed by atoms with Crippen molar-refractivity contribution >= 4 is 0 Å². The molecule has 0 aliphatic carbocycles. The van der Waals surface area contributed by atoms with E-state index < -0.39 is 0 Å². The van der Waals surface area contributed by atoms with Crippen molar-refractivity contribution in [2.45, 2.75) is 25.8 Å². The molecule has 0 aliphatic rings. The van der Waals surface area contributed by atoms with Gasteiger partial charge in [-0.25, -0.2) is 0 Å². The van der Waals surface area contributed by atoms with E-state index in [2.05, 4.69) is 36.5 Å². The first-order valence-electron chi connectivity index (χ1n) is 6.35. The monoisotopic (exact) mass is 237 g/mol. The summed E-state index contributed by atoms with van der Waals surface area (Å²) >= 11 is 0. The summed E-state index contributed by atoms with van der Waals surface area (Å²) in [5.74, 6) is 0. The first-order chi connectivity index (χ1) is 8.38. The summed E-state index contributed by atoms with van der Waals surface area (Å²) < 4.78 is 5.23. The van der Waals surface area contributed by atoms with Gasteiger partial charge in [-0.15, -0.1) is 0 Å². The zero-order valence-electron chi connectivity index (χ0n) is 10.6. The predicted molar refractivity (Wildman–Crippen MR) is 70.0 cm³/mol. The third-order valence-corrected chi connectivity index (χ3v) is 2.65. The maximum Gasteiger partial charge on any atom is 0.0698 e. The second-order valence-electron chi connectivity index (χ2n) is 4.04. The van der Waals surface area contributed by atoms with Gasteiger partial charge in [0.2, 0.25) is 0 Å². The Hall–Kier alpha value is -0.900. The van der Waals surface area contributed by atoms with E-state index in [0.29, 0.717) is 19.3 Å². The molecule has 0 fully saturated rings. The van der Waals surface area contributed by atoms with Crippen LogP contribution in [-0.2, 0) is 4.74 Å². The highest BCUT2D eigenvalue weighted by molar-refractivity contribution is 5.18. The maximum absolute atomic E-state index is 8.59. The number of ether oxygens (including phenoxy) is 1. The molecule has 0 aliphatic heterocycles. The third-order valence-electron chi connectivity index (χ3n) is 2.65. The maximum atomic E-state index is 8.59. The molecule has 1 aromatic carbocycles. The lowest BCUT2D eigenvalue weighted by atomic mass is 10.0. The van der Waals surface area contributed by atoms with E-state index in [1.54, 1.807) is 0 Å². The van der Waals surface area contributed by atoms with E-state index in [4.69, 9.17) is 9.84 Å². The smallest absolute Gasteiger partial charge is 0.0698 e. The first-order valence-corrected chi connectivity index (χ1v) is 6.35. The number of rotatable bonds is 9. The number of aliphatic hydroxyl groups is 1. The van der Waals surface area contributed by atoms with Crippen molar-refractivity contribution in [3.8, 4) is 0 Å². The van der Waals surface area contributed by atoms with E-state index in [-0.39, 0.29) is 6.61 Å². The Morgan fingerprint density at radius 3 is 2.65 bits per heavy atom. The summed E-state index contributed by atoms with van der Waals surface area (Å²) in [6.07, 6.45) is 2.29. The van der Waals surface area contributed by atoms with E-state index in [1.165, 1.54) is 5.56 Å². The fourth-order valence-corrected chi connectivity index (χ4v) is 1.83. The fourth-order valence-electron chi connectivity index (χ4n) is 1.83. The summed E-state index contributed by atoms with van der Waals surface area (Å²) in [5.41, 5.74) is 1.33. The third kappa shape index (κ3) is 5.82. The molecule has 1 rings (SSSR count). The van der Waals surface area contributed by atoms with Crippen molar-refractivity contribution in [2.24, 2.45) is 0 Å². The molecule has 1 aromatic rings. The van der Waals surface area contributed by atoms with Gasteiger partial charge in [-0.3, -0.25) is 0 Å². The van der Waals surface area contributed by atoms with Crippen molar-refractivity contribution in [1.29, 1.82) is 0 Å². The Balaban J connectivity index is 2.33. The molecule has 0 saturated heterocycles. The van der Waals surface area contributed by atoms with Crippen LogP contribution >= 0.6 is 0 Å². The molecule has 1 atom stereocenters. The van der Waals surface area contributed by atoms with Crippen LogP contribution in [-0.4, -0.2) is 31.5 Å². The minimum absolute atomic E-state index is 0.0943. The van der Waals surface area contributed by atoms with Crippen molar-refractivity contribution in [1.82, 2.24) is 5.32 Å². The number of benzene rings is 1. The summed E-state index contributed by atoms with van der Waals surface area (Å²) in [6, 6.07) is 10.9. The van der Waals surface area contributed by atoms with Gasteiger partial charge in [0, 0.05) is 12.6 Å². The van der Waals surface area contributed by atoms with Gasteiger partial charge in [0.05, 0.1) is 19.8 Å². The van der Waals surface area contributed by atoms with Crippen LogP contribution in [0.25, 0.3) is 0 Å². The van der Waals surface area contributed by atoms with Gasteiger partial charge < -0.3 is 15.2 Å². The van der Waals surface area contributed by atoms with Crippen LogP contribution in [0, 0.1) is 0 Å². The first kappa shape index (κ1) is 14.2. The lowest BCUT2D eigenvalue weighted by molar-refractivity contribution is 0.0924. The van der Waals surface area contributed by atoms with E-state index in [9.17, 15) is 0 Å². The van der Waals surface area contributed by atoms with E-state index >= 15 is 0 Å². The van der Waals surface area contributed by atoms with Gasteiger partial charge >= 0.3 is 0 Å². The van der Waals surface area contributed by atoms with Crippen LogP contribution in [0.4, 0.5) is 0 Å². The fraction of sp³-hybridized carbons (Fsp3) is 0.571. The van der Waals surface area contributed by atoms with Crippen molar-refractivity contribution < 1.29 is 9.84 Å². The topological polar surface area (TPSA) is 41.5 Å². The Morgan fingerprint density at radius 1 is 1.24 bits per heavy atom. The van der Waals surface area contributed by atoms with Gasteiger partial charge in [0.15, 0.2) is 0 Å². The highest BCUT2D eigenvalue weighted by Gasteiger charge is 2.08. The number of nitrogens with one attached hydrogen (secondary N) is 1. The average molecular weight is 237 g/mol. The second-order valence-corrected chi connectivity index (χ2v) is 4.04. The summed E-state index contributed by atoms with van der Waals surface area (Å²) in [7, 11) is 0. The summed E-state index contributed by atoms with van der Waals surface area (Å²) in [6.45, 7) is 4.18. The van der Waals surface area contributed by atoms with Gasteiger partial charge in [-0.05, 0) is 12.0 Å². The van der Waals surface area contributed by atoms with Crippen LogP contribution < -0.4 is 5.32 Å². The number of hydrogen-bond donors (Lipinski definition) is 2. The zero-order valence-corrected chi connectivity index (χ0v) is 10.6. The van der Waals surface area contributed by atoms with E-state index in [1.807, 2.05) is 6.07 Å². The van der Waals surface area contributed by atoms with Crippen molar-refractivity contribution in [2.75, 3.05) is 26.4 Å². The molecule has 0 bridgehead atoms. The van der Waals surface area contributed by atoms with Crippen LogP contribution in [0.3, 0.4) is 0 Å². The minimum atomic E-state index is 0.0943. The Morgan fingerprint density at radius 2 is 2.00 bits per heavy atom. The molecule has 0 aromatic heterocycles. The van der Waals surface area contributed by atoms with Crippen LogP contribution in [0.15, 0.2) is 30.3 Å². The van der Waals surface area contributed by atoms with E-state index in [0.717, 1.165) is 19.4 Å². The quantitative estimate of drug-likeness (QED) is 0.646. The van der Waals surface area contributed by atoms with Crippen molar-refractivity contribution in [3.63, 3.8) is 0 Å². The Kier molecular flexibility index (Phi) is 7.63. The number of hydrogen-bond acceptors (Lipinski definition) is 3. The lowest BCUT2D eigenvalue weighted by Crippen LogP contribution is -2.25. The molecule has 1 unspecified atom stereocenters. The van der Waals surface area contributed by atoms with Crippen LogP contribution in [0.1, 0.15) is 31.4 Å². The SMILES string of the molecule is CCCC(NCCOCCO)c1ccccc1. The molecule has 17 heavy (non-hydrogen) atoms. The largest absolute Gasteiger partial charge is 0.394 e. The molecule has 3 heteroatoms. The number of aliphatic hydroxyl groups excluding tert-OH is 1. The van der Waals surface area contributed by atoms with Gasteiger partial charge in [-0.1, -0.05) is 43.7 Å². The lowest BCUT2D eigenvalue weighted by Gasteiger charge is -2.18. The second kappa shape index (κ2) is 9.16. The van der Waals surface area contributed by atoms with Crippen LogP contribution in [0.2, 0.25) is 0 Å². The molecule has 96 valence electrons. The molecule has 0 spiro atoms. The molecule has 0 radical (unpaired) electrons. The molecular formula is C14H23NO2.